The Kier molecular flexibility index (Phi) is 2.64. The van der Waals surface area contributed by atoms with Crippen LogP contribution in [0.1, 0.15) is 5.69 Å². The fourth-order valence-electron chi connectivity index (χ4n) is 1.36. The predicted octanol–water partition coefficient (Wildman–Crippen LogP) is 1.27. The zero-order valence-electron chi connectivity index (χ0n) is 7.94. The Morgan fingerprint density at radius 1 is 1.60 bits per heavy atom. The molecule has 1 aromatic heterocycles. The highest BCUT2D eigenvalue weighted by Gasteiger charge is 2.23. The molecular weight excluding hydrogens is 218 g/mol. The molecule has 0 saturated carbocycles. The summed E-state index contributed by atoms with van der Waals surface area (Å²) in [5, 5.41) is 0.504. The summed E-state index contributed by atoms with van der Waals surface area (Å²) >= 11 is 5.93. The first kappa shape index (κ1) is 10.0. The SMILES string of the molecule is Nc1ccc(Cl)c(CN2CCOC2=O)n1. The zero-order valence-corrected chi connectivity index (χ0v) is 8.70. The summed E-state index contributed by atoms with van der Waals surface area (Å²) < 4.78 is 4.79. The molecule has 1 saturated heterocycles. The average Bonchev–Trinajstić information content (AvgIpc) is 2.58. The molecule has 1 amide bonds. The highest BCUT2D eigenvalue weighted by molar-refractivity contribution is 6.31. The molecule has 0 spiro atoms. The van der Waals surface area contributed by atoms with E-state index in [4.69, 9.17) is 22.1 Å². The smallest absolute Gasteiger partial charge is 0.410 e. The van der Waals surface area contributed by atoms with E-state index in [1.807, 2.05) is 0 Å². The minimum Gasteiger partial charge on any atom is -0.448 e. The van der Waals surface area contributed by atoms with Crippen molar-refractivity contribution < 1.29 is 9.53 Å². The maximum atomic E-state index is 11.2. The first-order valence-corrected chi connectivity index (χ1v) is 4.87. The van der Waals surface area contributed by atoms with Gasteiger partial charge in [0.1, 0.15) is 12.4 Å². The van der Waals surface area contributed by atoms with Crippen molar-refractivity contribution in [3.63, 3.8) is 0 Å². The molecule has 0 aliphatic carbocycles. The molecule has 5 nitrogen and oxygen atoms in total. The van der Waals surface area contributed by atoms with Gasteiger partial charge in [0.25, 0.3) is 0 Å². The summed E-state index contributed by atoms with van der Waals surface area (Å²) in [5.74, 6) is 0.391. The van der Waals surface area contributed by atoms with Crippen molar-refractivity contribution in [2.24, 2.45) is 0 Å². The van der Waals surface area contributed by atoms with Crippen LogP contribution in [0.25, 0.3) is 0 Å². The average molecular weight is 228 g/mol. The lowest BCUT2D eigenvalue weighted by atomic mass is 10.3. The molecule has 1 fully saturated rings. The minimum atomic E-state index is -0.338. The molecule has 1 aliphatic rings. The van der Waals surface area contributed by atoms with Crippen LogP contribution in [0.5, 0.6) is 0 Å². The van der Waals surface area contributed by atoms with Crippen LogP contribution in [0.2, 0.25) is 5.02 Å². The highest BCUT2D eigenvalue weighted by Crippen LogP contribution is 2.18. The molecule has 2 heterocycles. The van der Waals surface area contributed by atoms with E-state index in [-0.39, 0.29) is 6.09 Å². The number of carbonyl (C=O) groups excluding carboxylic acids is 1. The lowest BCUT2D eigenvalue weighted by molar-refractivity contribution is 0.157. The van der Waals surface area contributed by atoms with E-state index in [9.17, 15) is 4.79 Å². The van der Waals surface area contributed by atoms with Gasteiger partial charge in [-0.05, 0) is 12.1 Å². The second kappa shape index (κ2) is 3.94. The second-order valence-corrected chi connectivity index (χ2v) is 3.61. The highest BCUT2D eigenvalue weighted by atomic mass is 35.5. The van der Waals surface area contributed by atoms with Crippen molar-refractivity contribution >= 4 is 23.5 Å². The molecule has 0 unspecified atom stereocenters. The van der Waals surface area contributed by atoms with E-state index in [2.05, 4.69) is 4.98 Å². The lowest BCUT2D eigenvalue weighted by Crippen LogP contribution is -2.24. The van der Waals surface area contributed by atoms with Gasteiger partial charge in [-0.15, -0.1) is 0 Å². The third kappa shape index (κ3) is 2.12. The standard InChI is InChI=1S/C9H10ClN3O2/c10-6-1-2-8(11)12-7(6)5-13-3-4-15-9(13)14/h1-2H,3-5H2,(H2,11,12). The van der Waals surface area contributed by atoms with Gasteiger partial charge in [-0.3, -0.25) is 4.90 Å². The number of pyridine rings is 1. The summed E-state index contributed by atoms with van der Waals surface area (Å²) in [4.78, 5) is 16.8. The monoisotopic (exact) mass is 227 g/mol. The topological polar surface area (TPSA) is 68.4 Å². The Morgan fingerprint density at radius 2 is 2.40 bits per heavy atom. The number of cyclic esters (lactones) is 1. The lowest BCUT2D eigenvalue weighted by Gasteiger charge is -2.12. The minimum absolute atomic E-state index is 0.336. The Balaban J connectivity index is 2.16. The van der Waals surface area contributed by atoms with Crippen LogP contribution in [-0.2, 0) is 11.3 Å². The fraction of sp³-hybridized carbons (Fsp3) is 0.333. The fourth-order valence-corrected chi connectivity index (χ4v) is 1.53. The van der Waals surface area contributed by atoms with Crippen LogP contribution >= 0.6 is 11.6 Å². The Hall–Kier alpha value is -1.49. The number of anilines is 1. The van der Waals surface area contributed by atoms with Gasteiger partial charge < -0.3 is 10.5 Å². The molecule has 1 aliphatic heterocycles. The van der Waals surface area contributed by atoms with Gasteiger partial charge in [-0.25, -0.2) is 9.78 Å². The molecule has 1 aromatic rings. The van der Waals surface area contributed by atoms with Crippen molar-refractivity contribution in [3.05, 3.63) is 22.8 Å². The Bertz CT molecular complexity index is 397. The molecule has 15 heavy (non-hydrogen) atoms. The first-order chi connectivity index (χ1) is 7.16. The number of hydrogen-bond acceptors (Lipinski definition) is 4. The number of nitrogens with two attached hydrogens (primary N) is 1. The van der Waals surface area contributed by atoms with Crippen LogP contribution in [0, 0.1) is 0 Å². The summed E-state index contributed by atoms with van der Waals surface area (Å²) in [6.07, 6.45) is -0.338. The maximum absolute atomic E-state index is 11.2. The van der Waals surface area contributed by atoms with Crippen molar-refractivity contribution in [1.82, 2.24) is 9.88 Å². The van der Waals surface area contributed by atoms with Gasteiger partial charge in [-0.2, -0.15) is 0 Å². The molecule has 0 atom stereocenters. The van der Waals surface area contributed by atoms with E-state index in [0.717, 1.165) is 0 Å². The zero-order chi connectivity index (χ0) is 10.8. The van der Waals surface area contributed by atoms with Crippen LogP contribution in [-0.4, -0.2) is 29.1 Å². The quantitative estimate of drug-likeness (QED) is 0.826. The number of aromatic nitrogens is 1. The number of nitrogens with zero attached hydrogens (tertiary/aromatic N) is 2. The van der Waals surface area contributed by atoms with Crippen LogP contribution in [0.4, 0.5) is 10.6 Å². The molecule has 80 valence electrons. The van der Waals surface area contributed by atoms with E-state index in [1.165, 1.54) is 4.90 Å². The first-order valence-electron chi connectivity index (χ1n) is 4.49. The summed E-state index contributed by atoms with van der Waals surface area (Å²) in [6.45, 7) is 1.31. The van der Waals surface area contributed by atoms with Gasteiger partial charge in [0.05, 0.1) is 23.8 Å². The third-order valence-corrected chi connectivity index (χ3v) is 2.47. The molecule has 2 rings (SSSR count). The number of carbonyl (C=O) groups is 1. The van der Waals surface area contributed by atoms with Gasteiger partial charge in [0.15, 0.2) is 0 Å². The molecule has 2 N–H and O–H groups in total. The molecular formula is C9H10ClN3O2. The largest absolute Gasteiger partial charge is 0.448 e. The molecule has 0 aromatic carbocycles. The van der Waals surface area contributed by atoms with Crippen LogP contribution in [0.3, 0.4) is 0 Å². The van der Waals surface area contributed by atoms with Crippen molar-refractivity contribution in [2.45, 2.75) is 6.54 Å². The summed E-state index contributed by atoms with van der Waals surface area (Å²) in [5.41, 5.74) is 6.13. The normalized spacial score (nSPS) is 15.5. The van der Waals surface area contributed by atoms with Gasteiger partial charge in [0, 0.05) is 0 Å². The van der Waals surface area contributed by atoms with E-state index in [0.29, 0.717) is 36.2 Å². The Labute approximate surface area is 91.8 Å². The number of nitrogen functional groups attached to an aromatic ring is 1. The second-order valence-electron chi connectivity index (χ2n) is 3.20. The molecule has 6 heteroatoms. The predicted molar refractivity (Wildman–Crippen MR) is 55.4 cm³/mol. The maximum Gasteiger partial charge on any atom is 0.410 e. The van der Waals surface area contributed by atoms with Crippen LogP contribution < -0.4 is 5.73 Å². The van der Waals surface area contributed by atoms with Gasteiger partial charge >= 0.3 is 6.09 Å². The number of hydrogen-bond donors (Lipinski definition) is 1. The van der Waals surface area contributed by atoms with E-state index < -0.39 is 0 Å². The van der Waals surface area contributed by atoms with E-state index >= 15 is 0 Å². The summed E-state index contributed by atoms with van der Waals surface area (Å²) in [7, 11) is 0. The van der Waals surface area contributed by atoms with Crippen LogP contribution in [0.15, 0.2) is 12.1 Å². The van der Waals surface area contributed by atoms with Gasteiger partial charge in [-0.1, -0.05) is 11.6 Å². The number of amides is 1. The number of halogens is 1. The molecule has 0 bridgehead atoms. The van der Waals surface area contributed by atoms with E-state index in [1.54, 1.807) is 12.1 Å². The van der Waals surface area contributed by atoms with Gasteiger partial charge in [0.2, 0.25) is 0 Å². The van der Waals surface area contributed by atoms with Crippen molar-refractivity contribution in [3.8, 4) is 0 Å². The third-order valence-electron chi connectivity index (χ3n) is 2.13. The Morgan fingerprint density at radius 3 is 3.07 bits per heavy atom. The van der Waals surface area contributed by atoms with Crippen molar-refractivity contribution in [1.29, 1.82) is 0 Å². The summed E-state index contributed by atoms with van der Waals surface area (Å²) in [6, 6.07) is 3.29. The number of ether oxygens (including phenoxy) is 1. The molecule has 0 radical (unpaired) electrons. The number of rotatable bonds is 2. The van der Waals surface area contributed by atoms with Crippen molar-refractivity contribution in [2.75, 3.05) is 18.9 Å².